The van der Waals surface area contributed by atoms with Crippen LogP contribution in [-0.2, 0) is 54.4 Å². The highest BCUT2D eigenvalue weighted by Crippen LogP contribution is 2.21. The SMILES string of the molecule is CC[C@H](C)[C@H](N)C(=O)N[C@@H](CC(C)C)C(=O)N[C@@H](CCCCN)C(=O)N[C@@H](CCC(=O)O)C(=O)N1CCC[C@H]1C(=O)N[C@@H](CCSC)C(=O)N[C@@H](Cc1cnc[nH]1)C(=O)NCC(=O)N[C@H](C(=O)O)C(C)C. The second kappa shape index (κ2) is 31.5. The molecule has 2 rings (SSSR count). The van der Waals surface area contributed by atoms with Gasteiger partial charge in [-0.1, -0.05) is 48.0 Å². The first-order valence-corrected chi connectivity index (χ1v) is 25.7. The van der Waals surface area contributed by atoms with Gasteiger partial charge < -0.3 is 68.8 Å². The predicted octanol–water partition coefficient (Wildman–Crippen LogP) is -1.12. The highest BCUT2D eigenvalue weighted by molar-refractivity contribution is 7.98. The van der Waals surface area contributed by atoms with Gasteiger partial charge >= 0.3 is 11.9 Å². The lowest BCUT2D eigenvalue weighted by Gasteiger charge is -2.31. The summed E-state index contributed by atoms with van der Waals surface area (Å²) in [6.07, 6.45) is 5.96. The van der Waals surface area contributed by atoms with E-state index in [0.717, 1.165) is 0 Å². The van der Waals surface area contributed by atoms with Crippen LogP contribution in [0.1, 0.15) is 111 Å². The Bertz CT molecular complexity index is 1940. The minimum atomic E-state index is -1.46. The summed E-state index contributed by atoms with van der Waals surface area (Å²) in [7, 11) is 0. The number of H-pyrrole nitrogens is 1. The number of carbonyl (C=O) groups excluding carboxylic acids is 8. The molecule has 24 nitrogen and oxygen atoms in total. The van der Waals surface area contributed by atoms with Crippen LogP contribution < -0.4 is 48.7 Å². The van der Waals surface area contributed by atoms with E-state index in [2.05, 4.69) is 47.2 Å². The van der Waals surface area contributed by atoms with Crippen molar-refractivity contribution in [1.29, 1.82) is 0 Å². The first-order valence-electron chi connectivity index (χ1n) is 24.3. The van der Waals surface area contributed by atoms with Crippen molar-refractivity contribution < 1.29 is 58.2 Å². The van der Waals surface area contributed by atoms with Gasteiger partial charge in [-0.15, -0.1) is 0 Å². The number of aromatic nitrogens is 2. The van der Waals surface area contributed by atoms with Crippen molar-refractivity contribution in [2.45, 2.75) is 161 Å². The van der Waals surface area contributed by atoms with E-state index in [9.17, 15) is 58.2 Å². The third kappa shape index (κ3) is 21.2. The van der Waals surface area contributed by atoms with Gasteiger partial charge in [0.15, 0.2) is 0 Å². The van der Waals surface area contributed by atoms with Crippen LogP contribution >= 0.6 is 11.8 Å². The molecule has 8 amide bonds. The lowest BCUT2D eigenvalue weighted by atomic mass is 9.97. The van der Waals surface area contributed by atoms with E-state index < -0.39 is 126 Å². The van der Waals surface area contributed by atoms with Gasteiger partial charge in [0.05, 0.1) is 18.9 Å². The number of hydrogen-bond donors (Lipinski definition) is 12. The number of likely N-dealkylation sites (tertiary alicyclic amines) is 1. The van der Waals surface area contributed by atoms with Gasteiger partial charge in [-0.25, -0.2) is 9.78 Å². The molecule has 1 aromatic rings. The van der Waals surface area contributed by atoms with Crippen LogP contribution in [0.2, 0.25) is 0 Å². The first-order chi connectivity index (χ1) is 33.5. The zero-order valence-corrected chi connectivity index (χ0v) is 42.9. The lowest BCUT2D eigenvalue weighted by molar-refractivity contribution is -0.144. The number of rotatable bonds is 33. The minimum Gasteiger partial charge on any atom is -0.481 e. The maximum Gasteiger partial charge on any atom is 0.326 e. The van der Waals surface area contributed by atoms with Crippen LogP contribution in [-0.4, -0.2) is 164 Å². The molecule has 0 aliphatic carbocycles. The fourth-order valence-electron chi connectivity index (χ4n) is 7.72. The van der Waals surface area contributed by atoms with E-state index >= 15 is 0 Å². The van der Waals surface area contributed by atoms with E-state index in [1.807, 2.05) is 27.7 Å². The fourth-order valence-corrected chi connectivity index (χ4v) is 8.19. The third-order valence-electron chi connectivity index (χ3n) is 12.1. The van der Waals surface area contributed by atoms with Crippen LogP contribution in [0.5, 0.6) is 0 Å². The number of nitrogens with one attached hydrogen (secondary N) is 8. The monoisotopic (exact) mass is 1020 g/mol. The molecule has 1 aromatic heterocycles. The Morgan fingerprint density at radius 1 is 0.803 bits per heavy atom. The first kappa shape index (κ1) is 61.3. The molecule has 71 heavy (non-hydrogen) atoms. The number of unbranched alkanes of at least 4 members (excludes halogenated alkanes) is 1. The number of carbonyl (C=O) groups is 10. The summed E-state index contributed by atoms with van der Waals surface area (Å²) in [5.74, 6) is -8.60. The van der Waals surface area contributed by atoms with Gasteiger partial charge in [0.2, 0.25) is 47.3 Å². The van der Waals surface area contributed by atoms with Gasteiger partial charge in [0, 0.05) is 31.3 Å². The molecule has 0 spiro atoms. The smallest absolute Gasteiger partial charge is 0.326 e. The molecule has 1 aliphatic heterocycles. The van der Waals surface area contributed by atoms with E-state index in [1.54, 1.807) is 20.1 Å². The Morgan fingerprint density at radius 3 is 1.99 bits per heavy atom. The number of carboxylic acids is 2. The number of hydrogen-bond acceptors (Lipinski definition) is 14. The van der Waals surface area contributed by atoms with Crippen molar-refractivity contribution in [3.8, 4) is 0 Å². The third-order valence-corrected chi connectivity index (χ3v) is 12.8. The standard InChI is InChI=1S/C46H78N12O12S/c1-8-27(6)37(48)44(67)56-32(20-25(2)3)42(65)52-29(12-9-10-17-47)40(63)54-31(14-15-36(60)61)45(68)58-18-11-13-34(58)43(66)53-30(16-19-71-7)41(64)55-33(21-28-22-49-24-51-28)39(62)50-23-35(59)57-38(26(4)5)46(69)70/h22,24-27,29-34,37-38H,8-21,23,47-48H2,1-7H3,(H,49,51)(H,50,62)(H,52,65)(H,53,66)(H,54,63)(H,55,64)(H,56,67)(H,57,59)(H,60,61)(H,69,70)/t27-,29-,30-,31-,32-,33-,34-,37-,38-/m0/s1. The number of nitrogens with zero attached hydrogens (tertiary/aromatic N) is 2. The number of imidazole rings is 1. The Kier molecular flexibility index (Phi) is 27.2. The van der Waals surface area contributed by atoms with Crippen molar-refractivity contribution >= 4 is 71.0 Å². The molecule has 1 fully saturated rings. The van der Waals surface area contributed by atoms with E-state index in [-0.39, 0.29) is 63.5 Å². The van der Waals surface area contributed by atoms with E-state index in [1.165, 1.54) is 29.2 Å². The van der Waals surface area contributed by atoms with Gasteiger partial charge in [-0.3, -0.25) is 43.2 Å². The molecule has 2 heterocycles. The molecule has 0 aromatic carbocycles. The minimum absolute atomic E-state index is 0.0501. The van der Waals surface area contributed by atoms with E-state index in [4.69, 9.17) is 11.5 Å². The second-order valence-electron chi connectivity index (χ2n) is 18.7. The summed E-state index contributed by atoms with van der Waals surface area (Å²) >= 11 is 1.38. The predicted molar refractivity (Wildman–Crippen MR) is 264 cm³/mol. The van der Waals surface area contributed by atoms with Gasteiger partial charge in [0.25, 0.3) is 0 Å². The van der Waals surface area contributed by atoms with Gasteiger partial charge in [-0.05, 0) is 87.7 Å². The van der Waals surface area contributed by atoms with Crippen LogP contribution in [0.25, 0.3) is 0 Å². The molecule has 9 atom stereocenters. The molecule has 25 heteroatoms. The zero-order valence-electron chi connectivity index (χ0n) is 42.0. The Balaban J connectivity index is 2.35. The summed E-state index contributed by atoms with van der Waals surface area (Å²) in [6.45, 7) is 10.4. The fraction of sp³-hybridized carbons (Fsp3) is 0.717. The summed E-state index contributed by atoms with van der Waals surface area (Å²) in [5, 5.41) is 37.3. The molecule has 14 N–H and O–H groups in total. The Hall–Kier alpha value is -5.82. The Morgan fingerprint density at radius 2 is 1.42 bits per heavy atom. The highest BCUT2D eigenvalue weighted by Gasteiger charge is 2.40. The average molecular weight is 1020 g/mol. The van der Waals surface area contributed by atoms with Crippen molar-refractivity contribution in [3.63, 3.8) is 0 Å². The molecule has 0 saturated carbocycles. The molecule has 400 valence electrons. The maximum absolute atomic E-state index is 14.4. The van der Waals surface area contributed by atoms with Crippen molar-refractivity contribution in [2.24, 2.45) is 29.2 Å². The topological polar surface area (TPSA) is 379 Å². The summed E-state index contributed by atoms with van der Waals surface area (Å²) < 4.78 is 0. The number of aliphatic carboxylic acids is 2. The second-order valence-corrected chi connectivity index (χ2v) is 19.6. The summed E-state index contributed by atoms with van der Waals surface area (Å²) in [5.41, 5.74) is 12.3. The molecular weight excluding hydrogens is 945 g/mol. The van der Waals surface area contributed by atoms with Gasteiger partial charge in [0.1, 0.15) is 42.3 Å². The normalized spacial score (nSPS) is 16.8. The van der Waals surface area contributed by atoms with Crippen LogP contribution in [0.15, 0.2) is 12.5 Å². The lowest BCUT2D eigenvalue weighted by Crippen LogP contribution is -2.60. The average Bonchev–Trinajstić information content (AvgIpc) is 4.04. The zero-order chi connectivity index (χ0) is 53.4. The summed E-state index contributed by atoms with van der Waals surface area (Å²) in [6, 6.07) is -9.52. The molecular formula is C46H78N12O12S. The molecule has 1 aliphatic rings. The van der Waals surface area contributed by atoms with Crippen molar-refractivity contribution in [3.05, 3.63) is 18.2 Å². The van der Waals surface area contributed by atoms with Crippen LogP contribution in [0.4, 0.5) is 0 Å². The number of thioether (sulfide) groups is 1. The molecule has 0 bridgehead atoms. The Labute approximate surface area is 419 Å². The number of amides is 8. The number of nitrogens with two attached hydrogens (primary N) is 2. The molecule has 0 radical (unpaired) electrons. The molecule has 1 saturated heterocycles. The quantitative estimate of drug-likeness (QED) is 0.0371. The van der Waals surface area contributed by atoms with Crippen molar-refractivity contribution in [1.82, 2.24) is 52.1 Å². The van der Waals surface area contributed by atoms with E-state index in [0.29, 0.717) is 37.1 Å². The van der Waals surface area contributed by atoms with Crippen LogP contribution in [0.3, 0.4) is 0 Å². The molecule has 0 unspecified atom stereocenters. The highest BCUT2D eigenvalue weighted by atomic mass is 32.2. The number of carboxylic acid groups (broad SMARTS) is 2. The van der Waals surface area contributed by atoms with Gasteiger partial charge in [-0.2, -0.15) is 11.8 Å². The maximum atomic E-state index is 14.4. The van der Waals surface area contributed by atoms with Crippen molar-refractivity contribution in [2.75, 3.05) is 31.6 Å². The number of aromatic amines is 1. The summed E-state index contributed by atoms with van der Waals surface area (Å²) in [4.78, 5) is 141. The largest absolute Gasteiger partial charge is 0.481 e. The van der Waals surface area contributed by atoms with Crippen LogP contribution in [0, 0.1) is 17.8 Å².